The van der Waals surface area contributed by atoms with E-state index in [1.54, 1.807) is 0 Å². The standard InChI is InChI=1S/C13H8BrFN2O3/c14-7-2-1-6(15)3-10(7)19-11-5-9-12(4-8(11)16)20-13(18)17-9/h1-5H,16H2,(H,17,18). The molecule has 5 nitrogen and oxygen atoms in total. The maximum atomic E-state index is 13.2. The van der Waals surface area contributed by atoms with E-state index in [2.05, 4.69) is 20.9 Å². The van der Waals surface area contributed by atoms with Gasteiger partial charge < -0.3 is 14.9 Å². The topological polar surface area (TPSA) is 81.2 Å². The largest absolute Gasteiger partial charge is 0.454 e. The minimum atomic E-state index is -0.580. The molecule has 20 heavy (non-hydrogen) atoms. The van der Waals surface area contributed by atoms with Gasteiger partial charge in [0.05, 0.1) is 15.7 Å². The number of oxazole rings is 1. The second-order valence-electron chi connectivity index (χ2n) is 4.08. The van der Waals surface area contributed by atoms with Crippen molar-refractivity contribution in [1.29, 1.82) is 0 Å². The quantitative estimate of drug-likeness (QED) is 0.701. The molecule has 0 radical (unpaired) electrons. The number of aromatic nitrogens is 1. The van der Waals surface area contributed by atoms with Gasteiger partial charge in [0.25, 0.3) is 0 Å². The van der Waals surface area contributed by atoms with Gasteiger partial charge in [-0.05, 0) is 28.1 Å². The number of nitrogens with one attached hydrogen (secondary N) is 1. The Morgan fingerprint density at radius 3 is 2.85 bits per heavy atom. The maximum absolute atomic E-state index is 13.2. The van der Waals surface area contributed by atoms with Crippen molar-refractivity contribution in [3.8, 4) is 11.5 Å². The first-order valence-corrected chi connectivity index (χ1v) is 6.37. The van der Waals surface area contributed by atoms with E-state index in [-0.39, 0.29) is 11.4 Å². The Kier molecular flexibility index (Phi) is 2.98. The van der Waals surface area contributed by atoms with E-state index in [1.165, 1.54) is 30.3 Å². The molecule has 0 aliphatic rings. The summed E-state index contributed by atoms with van der Waals surface area (Å²) in [5, 5.41) is 0. The van der Waals surface area contributed by atoms with Crippen molar-refractivity contribution in [1.82, 2.24) is 4.98 Å². The lowest BCUT2D eigenvalue weighted by Gasteiger charge is -2.10. The number of nitrogens with two attached hydrogens (primary N) is 1. The lowest BCUT2D eigenvalue weighted by molar-refractivity contribution is 0.476. The van der Waals surface area contributed by atoms with E-state index in [9.17, 15) is 9.18 Å². The molecule has 0 aliphatic heterocycles. The summed E-state index contributed by atoms with van der Waals surface area (Å²) in [7, 11) is 0. The van der Waals surface area contributed by atoms with Crippen molar-refractivity contribution < 1.29 is 13.5 Å². The number of rotatable bonds is 2. The van der Waals surface area contributed by atoms with Crippen molar-refractivity contribution in [2.24, 2.45) is 0 Å². The van der Waals surface area contributed by atoms with Gasteiger partial charge in [0.15, 0.2) is 11.3 Å². The molecule has 2 aromatic carbocycles. The van der Waals surface area contributed by atoms with E-state index in [0.717, 1.165) is 0 Å². The summed E-state index contributed by atoms with van der Waals surface area (Å²) in [5.41, 5.74) is 6.88. The van der Waals surface area contributed by atoms with Gasteiger partial charge in [-0.3, -0.25) is 4.98 Å². The highest BCUT2D eigenvalue weighted by Crippen LogP contribution is 2.34. The van der Waals surface area contributed by atoms with Crippen LogP contribution in [0.25, 0.3) is 11.1 Å². The zero-order valence-corrected chi connectivity index (χ0v) is 11.5. The number of benzene rings is 2. The summed E-state index contributed by atoms with van der Waals surface area (Å²) in [6.07, 6.45) is 0. The second kappa shape index (κ2) is 4.68. The summed E-state index contributed by atoms with van der Waals surface area (Å²) < 4.78 is 24.2. The van der Waals surface area contributed by atoms with Crippen molar-refractivity contribution in [3.05, 3.63) is 51.2 Å². The third-order valence-corrected chi connectivity index (χ3v) is 3.32. The van der Waals surface area contributed by atoms with E-state index in [0.29, 0.717) is 21.3 Å². The van der Waals surface area contributed by atoms with E-state index in [4.69, 9.17) is 14.9 Å². The molecule has 102 valence electrons. The SMILES string of the molecule is Nc1cc2oc(=O)[nH]c2cc1Oc1cc(F)ccc1Br. The number of hydrogen-bond donors (Lipinski definition) is 2. The second-order valence-corrected chi connectivity index (χ2v) is 4.93. The van der Waals surface area contributed by atoms with Crippen LogP contribution in [0.2, 0.25) is 0 Å². The predicted molar refractivity (Wildman–Crippen MR) is 75.4 cm³/mol. The lowest BCUT2D eigenvalue weighted by Crippen LogP contribution is -1.94. The minimum Gasteiger partial charge on any atom is -0.454 e. The van der Waals surface area contributed by atoms with Crippen LogP contribution < -0.4 is 16.2 Å². The number of fused-ring (bicyclic) bond motifs is 1. The summed E-state index contributed by atoms with van der Waals surface area (Å²) in [4.78, 5) is 13.6. The average molecular weight is 339 g/mol. The molecular weight excluding hydrogens is 331 g/mol. The molecule has 0 spiro atoms. The molecule has 3 rings (SSSR count). The van der Waals surface area contributed by atoms with E-state index < -0.39 is 11.6 Å². The first kappa shape index (κ1) is 12.7. The number of hydrogen-bond acceptors (Lipinski definition) is 4. The van der Waals surface area contributed by atoms with Crippen LogP contribution in [0.1, 0.15) is 0 Å². The Morgan fingerprint density at radius 2 is 2.05 bits per heavy atom. The van der Waals surface area contributed by atoms with Crippen LogP contribution in [0, 0.1) is 5.82 Å². The van der Waals surface area contributed by atoms with E-state index in [1.807, 2.05) is 0 Å². The summed E-state index contributed by atoms with van der Waals surface area (Å²) in [5.74, 6) is -0.439. The molecule has 3 aromatic rings. The number of aromatic amines is 1. The van der Waals surface area contributed by atoms with Crippen LogP contribution in [0.4, 0.5) is 10.1 Å². The van der Waals surface area contributed by atoms with Gasteiger partial charge in [-0.25, -0.2) is 9.18 Å². The van der Waals surface area contributed by atoms with Crippen LogP contribution in [0.5, 0.6) is 11.5 Å². The fourth-order valence-electron chi connectivity index (χ4n) is 1.76. The molecule has 1 aromatic heterocycles. The highest BCUT2D eigenvalue weighted by Gasteiger charge is 2.11. The molecule has 3 N–H and O–H groups in total. The lowest BCUT2D eigenvalue weighted by atomic mass is 10.2. The molecule has 0 saturated carbocycles. The van der Waals surface area contributed by atoms with Crippen LogP contribution >= 0.6 is 15.9 Å². The normalized spacial score (nSPS) is 10.9. The number of H-pyrrole nitrogens is 1. The monoisotopic (exact) mass is 338 g/mol. The van der Waals surface area contributed by atoms with Crippen molar-refractivity contribution in [2.45, 2.75) is 0 Å². The third kappa shape index (κ3) is 2.27. The molecule has 0 amide bonds. The maximum Gasteiger partial charge on any atom is 0.417 e. The van der Waals surface area contributed by atoms with Crippen LogP contribution in [-0.4, -0.2) is 4.98 Å². The van der Waals surface area contributed by atoms with E-state index >= 15 is 0 Å². The Labute approximate surface area is 120 Å². The van der Waals surface area contributed by atoms with Crippen LogP contribution in [0.15, 0.2) is 44.0 Å². The molecule has 0 fully saturated rings. The fraction of sp³-hybridized carbons (Fsp3) is 0. The first-order valence-electron chi connectivity index (χ1n) is 5.58. The molecule has 0 bridgehead atoms. The first-order chi connectivity index (χ1) is 9.52. The zero-order chi connectivity index (χ0) is 14.3. The Morgan fingerprint density at radius 1 is 1.25 bits per heavy atom. The van der Waals surface area contributed by atoms with Gasteiger partial charge in [0.1, 0.15) is 11.6 Å². The number of anilines is 1. The van der Waals surface area contributed by atoms with Crippen molar-refractivity contribution in [2.75, 3.05) is 5.73 Å². The molecule has 1 heterocycles. The smallest absolute Gasteiger partial charge is 0.417 e. The van der Waals surface area contributed by atoms with Gasteiger partial charge in [0, 0.05) is 18.2 Å². The number of halogens is 2. The molecule has 0 saturated heterocycles. The molecule has 0 atom stereocenters. The molecule has 0 unspecified atom stereocenters. The van der Waals surface area contributed by atoms with Gasteiger partial charge in [-0.2, -0.15) is 0 Å². The summed E-state index contributed by atoms with van der Waals surface area (Å²) >= 11 is 3.26. The Hall–Kier alpha value is -2.28. The van der Waals surface area contributed by atoms with Crippen LogP contribution in [-0.2, 0) is 0 Å². The van der Waals surface area contributed by atoms with Gasteiger partial charge in [-0.1, -0.05) is 0 Å². The average Bonchev–Trinajstić information content (AvgIpc) is 2.73. The van der Waals surface area contributed by atoms with Crippen LogP contribution in [0.3, 0.4) is 0 Å². The fourth-order valence-corrected chi connectivity index (χ4v) is 2.08. The van der Waals surface area contributed by atoms with Gasteiger partial charge >= 0.3 is 5.76 Å². The minimum absolute atomic E-state index is 0.274. The van der Waals surface area contributed by atoms with Crippen molar-refractivity contribution >= 4 is 32.7 Å². The van der Waals surface area contributed by atoms with Crippen molar-refractivity contribution in [3.63, 3.8) is 0 Å². The third-order valence-electron chi connectivity index (χ3n) is 2.66. The Bertz CT molecular complexity index is 856. The molecular formula is C13H8BrFN2O3. The number of ether oxygens (including phenoxy) is 1. The highest BCUT2D eigenvalue weighted by molar-refractivity contribution is 9.10. The van der Waals surface area contributed by atoms with Gasteiger partial charge in [0.2, 0.25) is 0 Å². The number of nitrogen functional groups attached to an aromatic ring is 1. The summed E-state index contributed by atoms with van der Waals surface area (Å²) in [6, 6.07) is 7.05. The van der Waals surface area contributed by atoms with Gasteiger partial charge in [-0.15, -0.1) is 0 Å². The molecule has 0 aliphatic carbocycles. The predicted octanol–water partition coefficient (Wildman–Crippen LogP) is 3.40. The molecule has 7 heteroatoms. The zero-order valence-electron chi connectivity index (χ0n) is 9.94. The summed E-state index contributed by atoms with van der Waals surface area (Å²) in [6.45, 7) is 0. The highest BCUT2D eigenvalue weighted by atomic mass is 79.9. The Balaban J connectivity index is 2.07.